The zero-order valence-electron chi connectivity index (χ0n) is 18.8. The van der Waals surface area contributed by atoms with E-state index in [-0.39, 0.29) is 12.3 Å². The molecule has 1 amide bonds. The predicted molar refractivity (Wildman–Crippen MR) is 134 cm³/mol. The lowest BCUT2D eigenvalue weighted by atomic mass is 10.1. The van der Waals surface area contributed by atoms with E-state index in [0.29, 0.717) is 17.6 Å². The van der Waals surface area contributed by atoms with Crippen LogP contribution in [0, 0.1) is 0 Å². The standard InChI is InChI=1S/C25H28N6O2S/c26-22-14-13-20(28-29-22)10-4-5-12-24-30-31-25(34-24)27-23(32)16-19-9-6-11-21(15-19)33-17-18-7-2-1-3-8-18/h1-3,6-9,11,13-15,28-29H,4-5,10,12,16-17,26H2,(H,27,31,32). The average molecular weight is 477 g/mol. The number of hydrazine groups is 1. The van der Waals surface area contributed by atoms with Crippen molar-refractivity contribution in [1.82, 2.24) is 21.0 Å². The summed E-state index contributed by atoms with van der Waals surface area (Å²) in [6.07, 6.45) is 7.82. The summed E-state index contributed by atoms with van der Waals surface area (Å²) in [4.78, 5) is 12.5. The molecule has 0 radical (unpaired) electrons. The third-order valence-corrected chi connectivity index (χ3v) is 6.04. The van der Waals surface area contributed by atoms with Crippen molar-refractivity contribution < 1.29 is 9.53 Å². The maximum atomic E-state index is 12.5. The maximum Gasteiger partial charge on any atom is 0.230 e. The van der Waals surface area contributed by atoms with E-state index in [9.17, 15) is 4.79 Å². The molecule has 3 aromatic rings. The van der Waals surface area contributed by atoms with E-state index in [2.05, 4.69) is 26.4 Å². The number of rotatable bonds is 11. The molecule has 4 rings (SSSR count). The fourth-order valence-corrected chi connectivity index (χ4v) is 4.20. The van der Waals surface area contributed by atoms with Crippen LogP contribution in [0.25, 0.3) is 0 Å². The molecule has 0 spiro atoms. The highest BCUT2D eigenvalue weighted by molar-refractivity contribution is 7.15. The van der Waals surface area contributed by atoms with Crippen LogP contribution in [0.5, 0.6) is 5.75 Å². The van der Waals surface area contributed by atoms with Crippen LogP contribution < -0.4 is 26.6 Å². The van der Waals surface area contributed by atoms with Crippen molar-refractivity contribution in [2.75, 3.05) is 5.32 Å². The molecule has 0 aliphatic carbocycles. The SMILES string of the molecule is NC1=CC=C(CCCCc2nnc(NC(=O)Cc3cccc(OCc4ccccc4)c3)s2)NN1. The number of nitrogens with two attached hydrogens (primary N) is 1. The highest BCUT2D eigenvalue weighted by Gasteiger charge is 2.10. The van der Waals surface area contributed by atoms with Gasteiger partial charge in [-0.15, -0.1) is 10.2 Å². The zero-order chi connectivity index (χ0) is 23.6. The molecule has 0 bridgehead atoms. The van der Waals surface area contributed by atoms with Gasteiger partial charge in [0.05, 0.1) is 6.42 Å². The Bertz CT molecular complexity index is 1160. The van der Waals surface area contributed by atoms with Crippen molar-refractivity contribution in [3.63, 3.8) is 0 Å². The number of aryl methyl sites for hydroxylation is 1. The Morgan fingerprint density at radius 1 is 0.971 bits per heavy atom. The molecule has 34 heavy (non-hydrogen) atoms. The van der Waals surface area contributed by atoms with E-state index in [1.165, 1.54) is 11.3 Å². The molecule has 8 nitrogen and oxygen atoms in total. The first-order valence-electron chi connectivity index (χ1n) is 11.2. The van der Waals surface area contributed by atoms with Crippen LogP contribution in [0.3, 0.4) is 0 Å². The molecule has 2 aromatic carbocycles. The summed E-state index contributed by atoms with van der Waals surface area (Å²) >= 11 is 1.42. The number of carbonyl (C=O) groups excluding carboxylic acids is 1. The minimum Gasteiger partial charge on any atom is -0.489 e. The summed E-state index contributed by atoms with van der Waals surface area (Å²) < 4.78 is 5.85. The second kappa shape index (κ2) is 11.9. The molecular formula is C25H28N6O2S. The number of carbonyl (C=O) groups is 1. The molecule has 1 aliphatic heterocycles. The normalized spacial score (nSPS) is 12.7. The van der Waals surface area contributed by atoms with Crippen molar-refractivity contribution in [2.45, 2.75) is 38.7 Å². The van der Waals surface area contributed by atoms with Crippen LogP contribution >= 0.6 is 11.3 Å². The molecule has 0 unspecified atom stereocenters. The fraction of sp³-hybridized carbons (Fsp3) is 0.240. The summed E-state index contributed by atoms with van der Waals surface area (Å²) in [6, 6.07) is 17.6. The molecule has 2 heterocycles. The van der Waals surface area contributed by atoms with Crippen LogP contribution in [-0.4, -0.2) is 16.1 Å². The first-order valence-corrected chi connectivity index (χ1v) is 12.0. The Hall–Kier alpha value is -3.85. The highest BCUT2D eigenvalue weighted by atomic mass is 32.1. The Morgan fingerprint density at radius 2 is 1.79 bits per heavy atom. The molecule has 0 saturated heterocycles. The Morgan fingerprint density at radius 3 is 2.62 bits per heavy atom. The van der Waals surface area contributed by atoms with Crippen LogP contribution in [0.4, 0.5) is 5.13 Å². The number of benzene rings is 2. The van der Waals surface area contributed by atoms with E-state index in [1.54, 1.807) is 0 Å². The highest BCUT2D eigenvalue weighted by Crippen LogP contribution is 2.20. The summed E-state index contributed by atoms with van der Waals surface area (Å²) in [5.41, 5.74) is 14.7. The number of nitrogens with zero attached hydrogens (tertiary/aromatic N) is 2. The van der Waals surface area contributed by atoms with Gasteiger partial charge >= 0.3 is 0 Å². The van der Waals surface area contributed by atoms with Gasteiger partial charge in [-0.25, -0.2) is 0 Å². The van der Waals surface area contributed by atoms with E-state index < -0.39 is 0 Å². The van der Waals surface area contributed by atoms with Crippen molar-refractivity contribution in [3.8, 4) is 5.75 Å². The summed E-state index contributed by atoms with van der Waals surface area (Å²) in [5, 5.41) is 12.6. The monoisotopic (exact) mass is 476 g/mol. The van der Waals surface area contributed by atoms with E-state index in [1.807, 2.05) is 66.7 Å². The summed E-state index contributed by atoms with van der Waals surface area (Å²) in [6.45, 7) is 0.487. The number of hydrogen-bond acceptors (Lipinski definition) is 8. The first kappa shape index (κ1) is 23.3. The van der Waals surface area contributed by atoms with Gasteiger partial charge < -0.3 is 21.2 Å². The van der Waals surface area contributed by atoms with Gasteiger partial charge in [0, 0.05) is 12.1 Å². The smallest absolute Gasteiger partial charge is 0.230 e. The van der Waals surface area contributed by atoms with Gasteiger partial charge in [0.2, 0.25) is 11.0 Å². The fourth-order valence-electron chi connectivity index (χ4n) is 3.40. The van der Waals surface area contributed by atoms with Crippen LogP contribution in [-0.2, 0) is 24.2 Å². The van der Waals surface area contributed by atoms with Gasteiger partial charge in [-0.2, -0.15) is 0 Å². The molecule has 9 heteroatoms. The topological polar surface area (TPSA) is 114 Å². The number of amides is 1. The molecule has 1 aliphatic rings. The van der Waals surface area contributed by atoms with Crippen molar-refractivity contribution in [3.05, 3.63) is 94.4 Å². The van der Waals surface area contributed by atoms with E-state index in [4.69, 9.17) is 10.5 Å². The van der Waals surface area contributed by atoms with Gasteiger partial charge in [-0.3, -0.25) is 10.2 Å². The average Bonchev–Trinajstić information content (AvgIpc) is 3.29. The number of anilines is 1. The third-order valence-electron chi connectivity index (χ3n) is 5.14. The molecule has 0 atom stereocenters. The Labute approximate surface area is 202 Å². The number of hydrogen-bond donors (Lipinski definition) is 4. The first-order chi connectivity index (χ1) is 16.6. The van der Waals surface area contributed by atoms with Crippen LogP contribution in [0.15, 0.2) is 78.3 Å². The molecule has 176 valence electrons. The number of allylic oxidation sites excluding steroid dienone is 3. The zero-order valence-corrected chi connectivity index (χ0v) is 19.6. The van der Waals surface area contributed by atoms with Gasteiger partial charge in [-0.05, 0) is 54.7 Å². The van der Waals surface area contributed by atoms with Crippen molar-refractivity contribution in [1.29, 1.82) is 0 Å². The molecule has 0 saturated carbocycles. The van der Waals surface area contributed by atoms with Crippen LogP contribution in [0.1, 0.15) is 35.4 Å². The quantitative estimate of drug-likeness (QED) is 0.311. The molecular weight excluding hydrogens is 448 g/mol. The second-order valence-electron chi connectivity index (χ2n) is 7.92. The van der Waals surface area contributed by atoms with Crippen molar-refractivity contribution >= 4 is 22.4 Å². The number of unbranched alkanes of at least 4 members (excludes halogenated alkanes) is 1. The minimum atomic E-state index is -0.127. The van der Waals surface area contributed by atoms with Crippen LogP contribution in [0.2, 0.25) is 0 Å². The summed E-state index contributed by atoms with van der Waals surface area (Å²) in [7, 11) is 0. The minimum absolute atomic E-state index is 0.127. The number of ether oxygens (including phenoxy) is 1. The van der Waals surface area contributed by atoms with Gasteiger partial charge in [-0.1, -0.05) is 53.8 Å². The Balaban J connectivity index is 1.19. The predicted octanol–water partition coefficient (Wildman–Crippen LogP) is 3.80. The Kier molecular flexibility index (Phi) is 8.13. The van der Waals surface area contributed by atoms with Gasteiger partial charge in [0.15, 0.2) is 0 Å². The molecule has 1 aromatic heterocycles. The lowest BCUT2D eigenvalue weighted by molar-refractivity contribution is -0.115. The second-order valence-corrected chi connectivity index (χ2v) is 8.98. The van der Waals surface area contributed by atoms with E-state index >= 15 is 0 Å². The number of nitrogens with one attached hydrogen (secondary N) is 3. The van der Waals surface area contributed by atoms with Gasteiger partial charge in [0.25, 0.3) is 0 Å². The van der Waals surface area contributed by atoms with E-state index in [0.717, 1.165) is 53.3 Å². The molecule has 0 fully saturated rings. The molecule has 5 N–H and O–H groups in total. The lowest BCUT2D eigenvalue weighted by Gasteiger charge is -2.16. The third kappa shape index (κ3) is 7.35. The summed E-state index contributed by atoms with van der Waals surface area (Å²) in [5.74, 6) is 1.22. The van der Waals surface area contributed by atoms with Gasteiger partial charge in [0.1, 0.15) is 23.2 Å². The number of aromatic nitrogens is 2. The largest absolute Gasteiger partial charge is 0.489 e. The van der Waals surface area contributed by atoms with Crippen molar-refractivity contribution in [2.24, 2.45) is 5.73 Å². The lowest BCUT2D eigenvalue weighted by Crippen LogP contribution is -2.36. The maximum absolute atomic E-state index is 12.5.